The maximum absolute atomic E-state index is 12.4. The first kappa shape index (κ1) is 15.7. The summed E-state index contributed by atoms with van der Waals surface area (Å²) in [6, 6.07) is 3.29. The van der Waals surface area contributed by atoms with Crippen LogP contribution in [0.2, 0.25) is 0 Å². The highest BCUT2D eigenvalue weighted by atomic mass is 32.2. The highest BCUT2D eigenvalue weighted by Gasteiger charge is 2.41. The van der Waals surface area contributed by atoms with Crippen LogP contribution >= 0.6 is 0 Å². The van der Waals surface area contributed by atoms with Gasteiger partial charge in [-0.25, -0.2) is 13.1 Å². The van der Waals surface area contributed by atoms with Gasteiger partial charge in [0.05, 0.1) is 30.2 Å². The van der Waals surface area contributed by atoms with Crippen LogP contribution < -0.4 is 9.46 Å². The third kappa shape index (κ3) is 2.99. The summed E-state index contributed by atoms with van der Waals surface area (Å²) in [4.78, 5) is 9.90. The maximum atomic E-state index is 12.4. The number of methoxy groups -OCH3 is 1. The van der Waals surface area contributed by atoms with Crippen LogP contribution in [0.15, 0.2) is 23.1 Å². The van der Waals surface area contributed by atoms with Crippen LogP contribution in [0.1, 0.15) is 19.3 Å². The lowest BCUT2D eigenvalue weighted by Gasteiger charge is -2.40. The SMILES string of the molecule is COc1cc([N+](=O)[O-])ccc1S(=O)(=O)NC1(CO)CCC1. The Hall–Kier alpha value is -1.71. The molecule has 1 aliphatic carbocycles. The summed E-state index contributed by atoms with van der Waals surface area (Å²) in [6.45, 7) is -0.290. The van der Waals surface area contributed by atoms with E-state index in [9.17, 15) is 23.6 Å². The van der Waals surface area contributed by atoms with Crippen LogP contribution in [-0.2, 0) is 10.0 Å². The molecule has 1 aliphatic rings. The van der Waals surface area contributed by atoms with Gasteiger partial charge in [-0.3, -0.25) is 10.1 Å². The molecular formula is C12H16N2O6S. The lowest BCUT2D eigenvalue weighted by Crippen LogP contribution is -2.55. The predicted octanol–water partition coefficient (Wildman–Crippen LogP) is 0.797. The summed E-state index contributed by atoms with van der Waals surface area (Å²) in [5.74, 6) is -0.107. The van der Waals surface area contributed by atoms with Crippen LogP contribution in [0.3, 0.4) is 0 Å². The Bertz CT molecular complexity index is 648. The number of sulfonamides is 1. The van der Waals surface area contributed by atoms with Crippen molar-refractivity contribution in [3.63, 3.8) is 0 Å². The van der Waals surface area contributed by atoms with E-state index in [4.69, 9.17) is 4.74 Å². The van der Waals surface area contributed by atoms with Crippen molar-refractivity contribution in [2.24, 2.45) is 0 Å². The zero-order valence-electron chi connectivity index (χ0n) is 11.4. The van der Waals surface area contributed by atoms with Gasteiger partial charge >= 0.3 is 0 Å². The Morgan fingerprint density at radius 2 is 2.14 bits per heavy atom. The molecule has 2 rings (SSSR count). The second kappa shape index (κ2) is 5.58. The maximum Gasteiger partial charge on any atom is 0.273 e. The molecule has 1 aromatic rings. The topological polar surface area (TPSA) is 119 Å². The number of nitrogens with zero attached hydrogens (tertiary/aromatic N) is 1. The monoisotopic (exact) mass is 316 g/mol. The molecule has 1 aromatic carbocycles. The predicted molar refractivity (Wildman–Crippen MR) is 73.6 cm³/mol. The van der Waals surface area contributed by atoms with Gasteiger partial charge in [-0.05, 0) is 25.3 Å². The minimum Gasteiger partial charge on any atom is -0.495 e. The summed E-state index contributed by atoms with van der Waals surface area (Å²) in [5.41, 5.74) is -1.10. The van der Waals surface area contributed by atoms with Crippen molar-refractivity contribution in [3.05, 3.63) is 28.3 Å². The highest BCUT2D eigenvalue weighted by molar-refractivity contribution is 7.89. The smallest absolute Gasteiger partial charge is 0.273 e. The molecule has 9 heteroatoms. The number of hydrogen-bond acceptors (Lipinski definition) is 6. The number of rotatable bonds is 6. The van der Waals surface area contributed by atoms with Crippen LogP contribution in [0.4, 0.5) is 5.69 Å². The lowest BCUT2D eigenvalue weighted by atomic mass is 9.78. The molecule has 0 bridgehead atoms. The number of nitro benzene ring substituents is 1. The molecule has 0 aromatic heterocycles. The molecule has 2 N–H and O–H groups in total. The van der Waals surface area contributed by atoms with E-state index in [-0.39, 0.29) is 22.9 Å². The van der Waals surface area contributed by atoms with Crippen LogP contribution in [0.5, 0.6) is 5.75 Å². The Morgan fingerprint density at radius 1 is 1.48 bits per heavy atom. The van der Waals surface area contributed by atoms with Gasteiger partial charge < -0.3 is 9.84 Å². The third-order valence-electron chi connectivity index (χ3n) is 3.61. The van der Waals surface area contributed by atoms with Crippen LogP contribution in [0, 0.1) is 10.1 Å². The van der Waals surface area contributed by atoms with Crippen molar-refractivity contribution >= 4 is 15.7 Å². The first-order valence-corrected chi connectivity index (χ1v) is 7.79. The summed E-state index contributed by atoms with van der Waals surface area (Å²) in [7, 11) is -2.69. The van der Waals surface area contributed by atoms with E-state index in [0.29, 0.717) is 12.8 Å². The second-order valence-corrected chi connectivity index (χ2v) is 6.64. The molecule has 0 unspecified atom stereocenters. The quantitative estimate of drug-likeness (QED) is 0.592. The van der Waals surface area contributed by atoms with Crippen molar-refractivity contribution in [1.29, 1.82) is 0 Å². The van der Waals surface area contributed by atoms with E-state index in [1.54, 1.807) is 0 Å². The summed E-state index contributed by atoms with van der Waals surface area (Å²) in [5, 5.41) is 20.1. The average molecular weight is 316 g/mol. The number of nitrogens with one attached hydrogen (secondary N) is 1. The van der Waals surface area contributed by atoms with Crippen molar-refractivity contribution in [1.82, 2.24) is 4.72 Å². The van der Waals surface area contributed by atoms with E-state index in [2.05, 4.69) is 4.72 Å². The number of non-ortho nitro benzene ring substituents is 1. The van der Waals surface area contributed by atoms with Crippen molar-refractivity contribution in [2.75, 3.05) is 13.7 Å². The Morgan fingerprint density at radius 3 is 2.57 bits per heavy atom. The van der Waals surface area contributed by atoms with Crippen molar-refractivity contribution in [3.8, 4) is 5.75 Å². The van der Waals surface area contributed by atoms with Crippen LogP contribution in [0.25, 0.3) is 0 Å². The number of benzene rings is 1. The van der Waals surface area contributed by atoms with Gasteiger partial charge in [-0.15, -0.1) is 0 Å². The summed E-state index contributed by atoms with van der Waals surface area (Å²) in [6.07, 6.45) is 1.94. The fourth-order valence-electron chi connectivity index (χ4n) is 2.23. The molecule has 0 saturated heterocycles. The van der Waals surface area contributed by atoms with Crippen molar-refractivity contribution in [2.45, 2.75) is 29.7 Å². The zero-order chi connectivity index (χ0) is 15.7. The van der Waals surface area contributed by atoms with E-state index in [1.807, 2.05) is 0 Å². The number of nitro groups is 1. The minimum absolute atomic E-state index is 0.107. The first-order valence-electron chi connectivity index (χ1n) is 6.31. The molecule has 0 heterocycles. The molecule has 0 spiro atoms. The molecule has 1 saturated carbocycles. The zero-order valence-corrected chi connectivity index (χ0v) is 12.2. The van der Waals surface area contributed by atoms with Gasteiger partial charge in [0.2, 0.25) is 10.0 Å². The number of ether oxygens (including phenoxy) is 1. The van der Waals surface area contributed by atoms with Crippen molar-refractivity contribution < 1.29 is 23.2 Å². The minimum atomic E-state index is -3.93. The van der Waals surface area contributed by atoms with Gasteiger partial charge in [0.15, 0.2) is 0 Å². The Labute approximate surface area is 121 Å². The molecular weight excluding hydrogens is 300 g/mol. The van der Waals surface area contributed by atoms with Crippen LogP contribution in [-0.4, -0.2) is 37.7 Å². The molecule has 0 amide bonds. The molecule has 21 heavy (non-hydrogen) atoms. The molecule has 0 radical (unpaired) electrons. The normalized spacial score (nSPS) is 17.0. The fraction of sp³-hybridized carbons (Fsp3) is 0.500. The third-order valence-corrected chi connectivity index (χ3v) is 5.23. The Kier molecular flexibility index (Phi) is 4.17. The van der Waals surface area contributed by atoms with E-state index >= 15 is 0 Å². The first-order chi connectivity index (χ1) is 9.83. The van der Waals surface area contributed by atoms with E-state index < -0.39 is 20.5 Å². The number of hydrogen-bond donors (Lipinski definition) is 2. The summed E-state index contributed by atoms with van der Waals surface area (Å²) < 4.78 is 32.2. The van der Waals surface area contributed by atoms with Gasteiger partial charge in [0, 0.05) is 6.07 Å². The lowest BCUT2D eigenvalue weighted by molar-refractivity contribution is -0.385. The standard InChI is InChI=1S/C12H16N2O6S/c1-20-10-7-9(14(16)17)3-4-11(10)21(18,19)13-12(8-15)5-2-6-12/h3-4,7,13,15H,2,5-6,8H2,1H3. The Balaban J connectivity index is 2.37. The van der Waals surface area contributed by atoms with Gasteiger partial charge in [-0.1, -0.05) is 0 Å². The summed E-state index contributed by atoms with van der Waals surface area (Å²) >= 11 is 0. The fourth-order valence-corrected chi connectivity index (χ4v) is 3.83. The molecule has 8 nitrogen and oxygen atoms in total. The van der Waals surface area contributed by atoms with E-state index in [1.165, 1.54) is 7.11 Å². The highest BCUT2D eigenvalue weighted by Crippen LogP contribution is 2.35. The number of aliphatic hydroxyl groups excluding tert-OH is 1. The molecule has 0 atom stereocenters. The largest absolute Gasteiger partial charge is 0.495 e. The van der Waals surface area contributed by atoms with Gasteiger partial charge in [0.1, 0.15) is 10.6 Å². The molecule has 116 valence electrons. The molecule has 1 fully saturated rings. The number of aliphatic hydroxyl groups is 1. The molecule has 0 aliphatic heterocycles. The van der Waals surface area contributed by atoms with Gasteiger partial charge in [0.25, 0.3) is 5.69 Å². The average Bonchev–Trinajstić information content (AvgIpc) is 2.42. The van der Waals surface area contributed by atoms with Gasteiger partial charge in [-0.2, -0.15) is 0 Å². The van der Waals surface area contributed by atoms with E-state index in [0.717, 1.165) is 24.6 Å². The second-order valence-electron chi connectivity index (χ2n) is 4.99.